The molecule has 12 heteroatoms. The number of imide groups is 1. The molecule has 1 heterocycles. The number of rotatable bonds is 7. The summed E-state index contributed by atoms with van der Waals surface area (Å²) in [4.78, 5) is 61.1. The summed E-state index contributed by atoms with van der Waals surface area (Å²) in [5.41, 5.74) is 0.175. The summed E-state index contributed by atoms with van der Waals surface area (Å²) in [6.07, 6.45) is -0.148. The number of hydrogen-bond donors (Lipinski definition) is 1. The second kappa shape index (κ2) is 9.31. The van der Waals surface area contributed by atoms with E-state index in [-0.39, 0.29) is 33.9 Å². The highest BCUT2D eigenvalue weighted by molar-refractivity contribution is 6.32. The number of nitro benzene ring substituents is 2. The molecule has 0 saturated carbocycles. The predicted octanol–water partition coefficient (Wildman–Crippen LogP) is 4.00. The van der Waals surface area contributed by atoms with Crippen LogP contribution in [-0.2, 0) is 11.2 Å². The zero-order valence-electron chi connectivity index (χ0n) is 17.7. The third-order valence-electron chi connectivity index (χ3n) is 5.43. The van der Waals surface area contributed by atoms with E-state index in [0.717, 1.165) is 11.0 Å². The van der Waals surface area contributed by atoms with Crippen LogP contribution in [0.4, 0.5) is 17.1 Å². The van der Waals surface area contributed by atoms with E-state index in [2.05, 4.69) is 5.32 Å². The Morgan fingerprint density at radius 3 is 2.06 bits per heavy atom. The number of nitrogens with one attached hydrogen (secondary N) is 1. The minimum atomic E-state index is -1.35. The van der Waals surface area contributed by atoms with Crippen molar-refractivity contribution in [1.29, 1.82) is 0 Å². The number of fused-ring (bicyclic) bond motifs is 1. The molecular formula is C23H15ClN4O7. The zero-order valence-corrected chi connectivity index (χ0v) is 18.5. The molecular weight excluding hydrogens is 480 g/mol. The van der Waals surface area contributed by atoms with Gasteiger partial charge in [-0.05, 0) is 29.8 Å². The van der Waals surface area contributed by atoms with Crippen LogP contribution in [0.2, 0.25) is 5.02 Å². The van der Waals surface area contributed by atoms with Gasteiger partial charge in [0.25, 0.3) is 23.2 Å². The lowest BCUT2D eigenvalue weighted by molar-refractivity contribution is -0.385. The smallest absolute Gasteiger partial charge is 0.289 e. The van der Waals surface area contributed by atoms with Crippen molar-refractivity contribution in [3.05, 3.63) is 109 Å². The fraction of sp³-hybridized carbons (Fsp3) is 0.0870. The molecule has 1 aliphatic rings. The Morgan fingerprint density at radius 2 is 1.51 bits per heavy atom. The topological polar surface area (TPSA) is 153 Å². The van der Waals surface area contributed by atoms with E-state index >= 15 is 0 Å². The molecule has 1 atom stereocenters. The van der Waals surface area contributed by atoms with Crippen LogP contribution in [0.1, 0.15) is 26.3 Å². The molecule has 1 N–H and O–H groups in total. The molecule has 4 rings (SSSR count). The van der Waals surface area contributed by atoms with E-state index in [1.165, 1.54) is 48.5 Å². The standard InChI is InChI=1S/C23H15ClN4O7/c24-18-10-7-14(12-19(18)28(34)35)25-21(29)20(11-13-5-8-15(9-6-13)27(32)33)26-22(30)16-3-1-2-4-17(16)23(26)31/h1-10,12,20H,11H2,(H,25,29)/t20-/m1/s1. The van der Waals surface area contributed by atoms with Gasteiger partial charge in [0.15, 0.2) is 0 Å². The van der Waals surface area contributed by atoms with Crippen LogP contribution < -0.4 is 5.32 Å². The summed E-state index contributed by atoms with van der Waals surface area (Å²) in [6.45, 7) is 0. The lowest BCUT2D eigenvalue weighted by Crippen LogP contribution is -2.48. The molecule has 0 spiro atoms. The van der Waals surface area contributed by atoms with E-state index in [0.29, 0.717) is 5.56 Å². The number of hydrogen-bond acceptors (Lipinski definition) is 7. The van der Waals surface area contributed by atoms with Crippen LogP contribution >= 0.6 is 11.6 Å². The Bertz CT molecular complexity index is 1360. The van der Waals surface area contributed by atoms with Gasteiger partial charge in [0.05, 0.1) is 21.0 Å². The SMILES string of the molecule is O=C(Nc1ccc(Cl)c([N+](=O)[O-])c1)[C@@H](Cc1ccc([N+](=O)[O-])cc1)N1C(=O)c2ccccc2C1=O. The molecule has 176 valence electrons. The van der Waals surface area contributed by atoms with Gasteiger partial charge in [-0.1, -0.05) is 35.9 Å². The number of halogens is 1. The van der Waals surface area contributed by atoms with Gasteiger partial charge in [-0.25, -0.2) is 0 Å². The Morgan fingerprint density at radius 1 is 0.914 bits per heavy atom. The summed E-state index contributed by atoms with van der Waals surface area (Å²) in [7, 11) is 0. The first-order valence-corrected chi connectivity index (χ1v) is 10.5. The average molecular weight is 495 g/mol. The normalized spacial score (nSPS) is 13.3. The van der Waals surface area contributed by atoms with Gasteiger partial charge in [-0.2, -0.15) is 0 Å². The largest absolute Gasteiger partial charge is 0.324 e. The van der Waals surface area contributed by atoms with Gasteiger partial charge in [-0.3, -0.25) is 39.5 Å². The maximum absolute atomic E-state index is 13.3. The fourth-order valence-corrected chi connectivity index (χ4v) is 3.91. The highest BCUT2D eigenvalue weighted by Gasteiger charge is 2.42. The molecule has 0 unspecified atom stereocenters. The zero-order chi connectivity index (χ0) is 25.3. The molecule has 0 aliphatic carbocycles. The minimum absolute atomic E-state index is 0.0383. The number of amides is 3. The fourth-order valence-electron chi connectivity index (χ4n) is 3.73. The Balaban J connectivity index is 1.69. The second-order valence-electron chi connectivity index (χ2n) is 7.58. The number of nitro groups is 2. The van der Waals surface area contributed by atoms with Crippen molar-refractivity contribution in [2.24, 2.45) is 0 Å². The van der Waals surface area contributed by atoms with Gasteiger partial charge >= 0.3 is 0 Å². The second-order valence-corrected chi connectivity index (χ2v) is 7.99. The van der Waals surface area contributed by atoms with Crippen LogP contribution in [-0.4, -0.2) is 38.5 Å². The third kappa shape index (κ3) is 4.57. The third-order valence-corrected chi connectivity index (χ3v) is 5.75. The first-order chi connectivity index (χ1) is 16.7. The summed E-state index contributed by atoms with van der Waals surface area (Å²) in [5, 5.41) is 24.5. The predicted molar refractivity (Wildman–Crippen MR) is 124 cm³/mol. The number of carbonyl (C=O) groups excluding carboxylic acids is 3. The van der Waals surface area contributed by atoms with Gasteiger partial charge in [0, 0.05) is 30.3 Å². The van der Waals surface area contributed by atoms with Crippen molar-refractivity contribution < 1.29 is 24.2 Å². The first kappa shape index (κ1) is 23.5. The number of anilines is 1. The first-order valence-electron chi connectivity index (χ1n) is 10.1. The minimum Gasteiger partial charge on any atom is -0.324 e. The molecule has 3 amide bonds. The van der Waals surface area contributed by atoms with E-state index in [1.54, 1.807) is 12.1 Å². The van der Waals surface area contributed by atoms with E-state index in [4.69, 9.17) is 11.6 Å². The molecule has 0 aromatic heterocycles. The lowest BCUT2D eigenvalue weighted by Gasteiger charge is -2.25. The Kier molecular flexibility index (Phi) is 6.26. The molecule has 0 saturated heterocycles. The lowest BCUT2D eigenvalue weighted by atomic mass is 10.0. The molecule has 0 radical (unpaired) electrons. The number of non-ortho nitro benzene ring substituents is 1. The highest BCUT2D eigenvalue weighted by atomic mass is 35.5. The van der Waals surface area contributed by atoms with E-state index in [9.17, 15) is 34.6 Å². The van der Waals surface area contributed by atoms with E-state index in [1.807, 2.05) is 0 Å². The molecule has 11 nitrogen and oxygen atoms in total. The molecule has 0 bridgehead atoms. The summed E-state index contributed by atoms with van der Waals surface area (Å²) >= 11 is 5.83. The van der Waals surface area contributed by atoms with Gasteiger partial charge < -0.3 is 5.32 Å². The molecule has 3 aromatic rings. The van der Waals surface area contributed by atoms with Crippen LogP contribution in [0.3, 0.4) is 0 Å². The van der Waals surface area contributed by atoms with Crippen molar-refractivity contribution >= 4 is 46.4 Å². The van der Waals surface area contributed by atoms with Crippen molar-refractivity contribution in [1.82, 2.24) is 4.90 Å². The Labute approximate surface area is 202 Å². The van der Waals surface area contributed by atoms with Crippen molar-refractivity contribution in [3.63, 3.8) is 0 Å². The van der Waals surface area contributed by atoms with Crippen molar-refractivity contribution in [2.45, 2.75) is 12.5 Å². The molecule has 1 aliphatic heterocycles. The Hall–Kier alpha value is -4.64. The van der Waals surface area contributed by atoms with Gasteiger partial charge in [0.1, 0.15) is 11.1 Å². The molecule has 35 heavy (non-hydrogen) atoms. The monoisotopic (exact) mass is 494 g/mol. The van der Waals surface area contributed by atoms with Crippen LogP contribution in [0.5, 0.6) is 0 Å². The summed E-state index contributed by atoms with van der Waals surface area (Å²) < 4.78 is 0. The molecule has 3 aromatic carbocycles. The summed E-state index contributed by atoms with van der Waals surface area (Å²) in [5.74, 6) is -2.13. The van der Waals surface area contributed by atoms with Crippen molar-refractivity contribution in [3.8, 4) is 0 Å². The van der Waals surface area contributed by atoms with E-state index < -0.39 is 39.3 Å². The summed E-state index contributed by atoms with van der Waals surface area (Å²) in [6, 6.07) is 13.7. The maximum atomic E-state index is 13.3. The maximum Gasteiger partial charge on any atom is 0.289 e. The van der Waals surface area contributed by atoms with Gasteiger partial charge in [-0.15, -0.1) is 0 Å². The van der Waals surface area contributed by atoms with Crippen LogP contribution in [0.25, 0.3) is 0 Å². The van der Waals surface area contributed by atoms with Gasteiger partial charge in [0.2, 0.25) is 5.91 Å². The van der Waals surface area contributed by atoms with Crippen LogP contribution in [0, 0.1) is 20.2 Å². The van der Waals surface area contributed by atoms with Crippen molar-refractivity contribution in [2.75, 3.05) is 5.32 Å². The van der Waals surface area contributed by atoms with Crippen LogP contribution in [0.15, 0.2) is 66.7 Å². The number of carbonyl (C=O) groups is 3. The number of benzene rings is 3. The highest BCUT2D eigenvalue weighted by Crippen LogP contribution is 2.29. The quantitative estimate of drug-likeness (QED) is 0.296. The average Bonchev–Trinajstić information content (AvgIpc) is 3.09. The number of nitrogens with zero attached hydrogens (tertiary/aromatic N) is 3. The molecule has 0 fully saturated rings.